The van der Waals surface area contributed by atoms with E-state index < -0.39 is 0 Å². The quantitative estimate of drug-likeness (QED) is 0.681. The number of aromatic nitrogens is 2. The summed E-state index contributed by atoms with van der Waals surface area (Å²) in [5.74, 6) is 0.700. The molecule has 0 fully saturated rings. The Morgan fingerprint density at radius 2 is 1.85 bits per heavy atom. The number of nitrogens with zero attached hydrogens (tertiary/aromatic N) is 2. The molecular weight excluding hydrogens is 345 g/mol. The number of halogens is 1. The lowest BCUT2D eigenvalue weighted by Crippen LogP contribution is -2.22. The minimum absolute atomic E-state index is 0.0166. The van der Waals surface area contributed by atoms with E-state index in [2.05, 4.69) is 10.4 Å². The molecule has 2 aromatic carbocycles. The molecule has 0 bridgehead atoms. The molecule has 0 aliphatic heterocycles. The van der Waals surface area contributed by atoms with Gasteiger partial charge in [-0.15, -0.1) is 0 Å². The van der Waals surface area contributed by atoms with Crippen LogP contribution in [-0.2, 0) is 11.2 Å². The molecule has 1 N–H and O–H groups in total. The highest BCUT2D eigenvalue weighted by Crippen LogP contribution is 2.31. The number of hydrogen-bond donors (Lipinski definition) is 1. The van der Waals surface area contributed by atoms with Crippen LogP contribution in [0, 0.1) is 12.7 Å². The van der Waals surface area contributed by atoms with E-state index in [-0.39, 0.29) is 11.7 Å². The Kier molecular flexibility index (Phi) is 5.86. The summed E-state index contributed by atoms with van der Waals surface area (Å²) in [7, 11) is 0. The summed E-state index contributed by atoms with van der Waals surface area (Å²) in [5.41, 5.74) is 2.50. The second kappa shape index (κ2) is 8.49. The molecule has 5 nitrogen and oxygen atoms in total. The van der Waals surface area contributed by atoms with Gasteiger partial charge in [-0.3, -0.25) is 4.79 Å². The average molecular weight is 367 g/mol. The second-order valence-electron chi connectivity index (χ2n) is 6.13. The van der Waals surface area contributed by atoms with Crippen LogP contribution in [0.1, 0.15) is 24.6 Å². The van der Waals surface area contributed by atoms with Crippen LogP contribution in [0.3, 0.4) is 0 Å². The molecule has 3 aromatic rings. The van der Waals surface area contributed by atoms with Crippen LogP contribution in [0.5, 0.6) is 11.6 Å². The van der Waals surface area contributed by atoms with Crippen LogP contribution in [0.25, 0.3) is 5.69 Å². The monoisotopic (exact) mass is 367 g/mol. The van der Waals surface area contributed by atoms with Crippen LogP contribution in [0.2, 0.25) is 0 Å². The Labute approximate surface area is 157 Å². The number of benzene rings is 2. The third kappa shape index (κ3) is 4.53. The minimum Gasteiger partial charge on any atom is -0.439 e. The van der Waals surface area contributed by atoms with E-state index in [0.717, 1.165) is 16.9 Å². The van der Waals surface area contributed by atoms with Gasteiger partial charge in [0.15, 0.2) is 0 Å². The molecule has 0 atom stereocenters. The number of aryl methyl sites for hydroxylation is 1. The summed E-state index contributed by atoms with van der Waals surface area (Å²) in [5, 5.41) is 7.40. The molecule has 140 valence electrons. The molecule has 1 heterocycles. The predicted molar refractivity (Wildman–Crippen MR) is 102 cm³/mol. The number of carbonyl (C=O) groups excluding carboxylic acids is 1. The number of carbonyl (C=O) groups is 1. The predicted octanol–water partition coefficient (Wildman–Crippen LogP) is 4.18. The number of amides is 1. The molecular formula is C21H22FN3O2. The highest BCUT2D eigenvalue weighted by atomic mass is 19.1. The first-order chi connectivity index (χ1) is 13.1. The third-order valence-electron chi connectivity index (χ3n) is 4.14. The maximum atomic E-state index is 13.2. The van der Waals surface area contributed by atoms with Crippen LogP contribution in [-0.4, -0.2) is 22.2 Å². The first-order valence-corrected chi connectivity index (χ1v) is 8.92. The van der Waals surface area contributed by atoms with Crippen molar-refractivity contribution < 1.29 is 13.9 Å². The van der Waals surface area contributed by atoms with E-state index in [4.69, 9.17) is 4.74 Å². The van der Waals surface area contributed by atoms with Crippen molar-refractivity contribution in [3.8, 4) is 17.3 Å². The summed E-state index contributed by atoms with van der Waals surface area (Å²) < 4.78 is 21.0. The van der Waals surface area contributed by atoms with Crippen molar-refractivity contribution in [3.05, 3.63) is 71.7 Å². The summed E-state index contributed by atoms with van der Waals surface area (Å²) in [6.07, 6.45) is 0.843. The SMILES string of the molecule is CCNC(=O)CCc1c(C)nn(-c2ccccc2)c1Oc1ccc(F)cc1. The zero-order valence-corrected chi connectivity index (χ0v) is 15.4. The van der Waals surface area contributed by atoms with Gasteiger partial charge in [-0.2, -0.15) is 5.10 Å². The fourth-order valence-corrected chi connectivity index (χ4v) is 2.81. The molecule has 6 heteroatoms. The normalized spacial score (nSPS) is 10.6. The Bertz CT molecular complexity index is 905. The van der Waals surface area contributed by atoms with Crippen molar-refractivity contribution in [2.75, 3.05) is 6.54 Å². The zero-order valence-electron chi connectivity index (χ0n) is 15.4. The van der Waals surface area contributed by atoms with Crippen molar-refractivity contribution >= 4 is 5.91 Å². The Morgan fingerprint density at radius 1 is 1.15 bits per heavy atom. The lowest BCUT2D eigenvalue weighted by Gasteiger charge is -2.11. The summed E-state index contributed by atoms with van der Waals surface area (Å²) >= 11 is 0. The second-order valence-corrected chi connectivity index (χ2v) is 6.13. The highest BCUT2D eigenvalue weighted by Gasteiger charge is 2.19. The van der Waals surface area contributed by atoms with E-state index in [1.165, 1.54) is 12.1 Å². The van der Waals surface area contributed by atoms with E-state index in [1.807, 2.05) is 44.2 Å². The van der Waals surface area contributed by atoms with Gasteiger partial charge < -0.3 is 10.1 Å². The van der Waals surface area contributed by atoms with Crippen LogP contribution < -0.4 is 10.1 Å². The van der Waals surface area contributed by atoms with E-state index in [0.29, 0.717) is 31.0 Å². The van der Waals surface area contributed by atoms with Gasteiger partial charge in [0.1, 0.15) is 11.6 Å². The molecule has 0 saturated heterocycles. The topological polar surface area (TPSA) is 56.2 Å². The fraction of sp³-hybridized carbons (Fsp3) is 0.238. The molecule has 3 rings (SSSR count). The lowest BCUT2D eigenvalue weighted by molar-refractivity contribution is -0.120. The largest absolute Gasteiger partial charge is 0.439 e. The highest BCUT2D eigenvalue weighted by molar-refractivity contribution is 5.76. The number of ether oxygens (including phenoxy) is 1. The number of rotatable bonds is 7. The van der Waals surface area contributed by atoms with Crippen molar-refractivity contribution in [3.63, 3.8) is 0 Å². The van der Waals surface area contributed by atoms with Gasteiger partial charge in [0.2, 0.25) is 11.8 Å². The maximum Gasteiger partial charge on any atom is 0.226 e. The fourth-order valence-electron chi connectivity index (χ4n) is 2.81. The number of hydrogen-bond acceptors (Lipinski definition) is 3. The summed E-state index contributed by atoms with van der Waals surface area (Å²) in [4.78, 5) is 11.9. The Morgan fingerprint density at radius 3 is 2.52 bits per heavy atom. The van der Waals surface area contributed by atoms with Crippen molar-refractivity contribution in [1.82, 2.24) is 15.1 Å². The van der Waals surface area contributed by atoms with Gasteiger partial charge in [-0.1, -0.05) is 18.2 Å². The molecule has 0 aliphatic carbocycles. The zero-order chi connectivity index (χ0) is 19.2. The summed E-state index contributed by atoms with van der Waals surface area (Å²) in [6, 6.07) is 15.5. The standard InChI is InChI=1S/C21H22FN3O2/c1-3-23-20(26)14-13-19-15(2)24-25(17-7-5-4-6-8-17)21(19)27-18-11-9-16(22)10-12-18/h4-12H,3,13-14H2,1-2H3,(H,23,26). The Hall–Kier alpha value is -3.15. The van der Waals surface area contributed by atoms with Crippen molar-refractivity contribution in [2.45, 2.75) is 26.7 Å². The van der Waals surface area contributed by atoms with Crippen LogP contribution >= 0.6 is 0 Å². The van der Waals surface area contributed by atoms with Crippen molar-refractivity contribution in [2.24, 2.45) is 0 Å². The third-order valence-corrected chi connectivity index (χ3v) is 4.14. The molecule has 0 unspecified atom stereocenters. The maximum absolute atomic E-state index is 13.2. The molecule has 1 aromatic heterocycles. The number of nitrogens with one attached hydrogen (secondary N) is 1. The summed E-state index contributed by atoms with van der Waals surface area (Å²) in [6.45, 7) is 4.38. The average Bonchev–Trinajstić information content (AvgIpc) is 2.98. The Balaban J connectivity index is 1.97. The first-order valence-electron chi connectivity index (χ1n) is 8.92. The van der Waals surface area contributed by atoms with E-state index >= 15 is 0 Å². The molecule has 0 aliphatic rings. The minimum atomic E-state index is -0.327. The van der Waals surface area contributed by atoms with Gasteiger partial charge in [-0.05, 0) is 56.7 Å². The van der Waals surface area contributed by atoms with E-state index in [1.54, 1.807) is 16.8 Å². The molecule has 0 saturated carbocycles. The smallest absolute Gasteiger partial charge is 0.226 e. The van der Waals surface area contributed by atoms with Gasteiger partial charge in [0, 0.05) is 18.5 Å². The van der Waals surface area contributed by atoms with Crippen LogP contribution in [0.4, 0.5) is 4.39 Å². The first kappa shape index (κ1) is 18.6. The number of para-hydroxylation sites is 1. The van der Waals surface area contributed by atoms with E-state index in [9.17, 15) is 9.18 Å². The van der Waals surface area contributed by atoms with Gasteiger partial charge >= 0.3 is 0 Å². The van der Waals surface area contributed by atoms with Gasteiger partial charge in [0.25, 0.3) is 0 Å². The molecule has 0 spiro atoms. The van der Waals surface area contributed by atoms with Crippen LogP contribution in [0.15, 0.2) is 54.6 Å². The van der Waals surface area contributed by atoms with Gasteiger partial charge in [0.05, 0.1) is 11.4 Å². The molecule has 0 radical (unpaired) electrons. The molecule has 1 amide bonds. The van der Waals surface area contributed by atoms with Gasteiger partial charge in [-0.25, -0.2) is 9.07 Å². The van der Waals surface area contributed by atoms with Crippen molar-refractivity contribution in [1.29, 1.82) is 0 Å². The lowest BCUT2D eigenvalue weighted by atomic mass is 10.1. The molecule has 27 heavy (non-hydrogen) atoms.